The first kappa shape index (κ1) is 26.9. The average molecular weight is 459 g/mol. The molecule has 0 aromatic heterocycles. The van der Waals surface area contributed by atoms with E-state index >= 15 is 0 Å². The third-order valence-corrected chi connectivity index (χ3v) is 5.65. The molecule has 1 saturated heterocycles. The second-order valence-corrected chi connectivity index (χ2v) is 8.86. The molecule has 3 atom stereocenters. The predicted octanol–water partition coefficient (Wildman–Crippen LogP) is -2.75. The molecule has 12 heteroatoms. The minimum absolute atomic E-state index is 0.105. The lowest BCUT2D eigenvalue weighted by atomic mass is 10.1. The van der Waals surface area contributed by atoms with E-state index in [0.29, 0.717) is 36.2 Å². The Labute approximate surface area is 185 Å². The smallest absolute Gasteiger partial charge is 0.237 e. The number of hydrogen-bond acceptors (Lipinski definition) is 8. The van der Waals surface area contributed by atoms with E-state index in [4.69, 9.17) is 15.2 Å². The van der Waals surface area contributed by atoms with Crippen LogP contribution in [0, 0.1) is 0 Å². The number of carbonyl (C=O) groups excluding carboxylic acids is 5. The molecule has 1 rings (SSSR count). The van der Waals surface area contributed by atoms with E-state index in [-0.39, 0.29) is 74.4 Å². The Morgan fingerprint density at radius 2 is 1.97 bits per heavy atom. The Morgan fingerprint density at radius 1 is 1.26 bits per heavy atom. The van der Waals surface area contributed by atoms with Gasteiger partial charge in [-0.3, -0.25) is 24.1 Å². The highest BCUT2D eigenvalue weighted by Crippen LogP contribution is 2.20. The van der Waals surface area contributed by atoms with Crippen molar-refractivity contribution in [2.24, 2.45) is 5.73 Å². The number of imide groups is 1. The van der Waals surface area contributed by atoms with E-state index in [1.54, 1.807) is 6.92 Å². The number of rotatable bonds is 16. The normalized spacial score (nSPS) is 18.1. The van der Waals surface area contributed by atoms with Gasteiger partial charge in [0.05, 0.1) is 38.5 Å². The van der Waals surface area contributed by atoms with E-state index in [0.717, 1.165) is 6.29 Å². The van der Waals surface area contributed by atoms with Crippen molar-refractivity contribution in [3.63, 3.8) is 0 Å². The zero-order valence-corrected chi connectivity index (χ0v) is 20.3. The zero-order chi connectivity index (χ0) is 23.2. The molecule has 0 radical (unpaired) electrons. The molecule has 11 nitrogen and oxygen atoms in total. The van der Waals surface area contributed by atoms with Crippen molar-refractivity contribution in [1.82, 2.24) is 15.5 Å². The lowest BCUT2D eigenvalue weighted by Crippen LogP contribution is -2.42. The Morgan fingerprint density at radius 3 is 2.61 bits per heavy atom. The molecule has 0 spiro atoms. The van der Waals surface area contributed by atoms with Gasteiger partial charge in [-0.2, -0.15) is 0 Å². The number of ether oxygens (including phenoxy) is 2. The zero-order valence-electron chi connectivity index (χ0n) is 18.3. The molecule has 1 aliphatic rings. The van der Waals surface area contributed by atoms with Gasteiger partial charge >= 0.3 is 0 Å². The van der Waals surface area contributed by atoms with Gasteiger partial charge in [-0.1, -0.05) is 0 Å². The van der Waals surface area contributed by atoms with Gasteiger partial charge in [0.1, 0.15) is 6.29 Å². The largest absolute Gasteiger partial charge is 0.378 e. The van der Waals surface area contributed by atoms with Crippen LogP contribution in [0.3, 0.4) is 0 Å². The van der Waals surface area contributed by atoms with Crippen LogP contribution in [0.4, 0.5) is 0 Å². The van der Waals surface area contributed by atoms with E-state index in [1.807, 2.05) is 0 Å². The standard InChI is InChI=1S/C19H34N4O7Si/c1-13(4-8-24)30-10-6-21-16(25)3-2-14(20)18(27)22-5-9-29-11-7-23-17(26)12-15(31)19(23)28/h8,13-15H,2-7,9-12,20H2,1,31H3,(H,21,25)(H,22,27). The van der Waals surface area contributed by atoms with Crippen LogP contribution >= 0.6 is 0 Å². The van der Waals surface area contributed by atoms with Crippen molar-refractivity contribution < 1.29 is 33.4 Å². The summed E-state index contributed by atoms with van der Waals surface area (Å²) in [6.07, 6.45) is 1.50. The molecule has 0 aromatic rings. The van der Waals surface area contributed by atoms with Crippen LogP contribution in [0.2, 0.25) is 5.54 Å². The highest BCUT2D eigenvalue weighted by molar-refractivity contribution is 6.29. The number of amides is 4. The summed E-state index contributed by atoms with van der Waals surface area (Å²) in [7, 11) is 0.664. The Bertz CT molecular complexity index is 634. The molecular weight excluding hydrogens is 424 g/mol. The molecule has 3 unspecified atom stereocenters. The van der Waals surface area contributed by atoms with Crippen LogP contribution in [0.25, 0.3) is 0 Å². The summed E-state index contributed by atoms with van der Waals surface area (Å²) in [5, 5.41) is 5.29. The van der Waals surface area contributed by atoms with Gasteiger partial charge in [-0.15, -0.1) is 0 Å². The van der Waals surface area contributed by atoms with Gasteiger partial charge in [0.2, 0.25) is 23.6 Å². The van der Waals surface area contributed by atoms with Crippen LogP contribution in [-0.4, -0.2) is 96.7 Å². The summed E-state index contributed by atoms with van der Waals surface area (Å²) in [5.41, 5.74) is 5.65. The minimum atomic E-state index is -0.819. The maximum absolute atomic E-state index is 12.0. The SMILES string of the molecule is CC(CC=O)OCCNC(=O)CCC(N)C(=O)NCCOCCN1C(=O)CC([SiH3])C1=O. The minimum Gasteiger partial charge on any atom is -0.378 e. The average Bonchev–Trinajstić information content (AvgIpc) is 2.97. The van der Waals surface area contributed by atoms with Crippen molar-refractivity contribution in [2.45, 2.75) is 50.3 Å². The van der Waals surface area contributed by atoms with Crippen molar-refractivity contribution in [1.29, 1.82) is 0 Å². The number of carbonyl (C=O) groups is 5. The van der Waals surface area contributed by atoms with E-state index in [9.17, 15) is 24.0 Å². The summed E-state index contributed by atoms with van der Waals surface area (Å²) < 4.78 is 10.7. The molecule has 0 bridgehead atoms. The van der Waals surface area contributed by atoms with Crippen molar-refractivity contribution >= 4 is 40.2 Å². The van der Waals surface area contributed by atoms with Gasteiger partial charge in [-0.25, -0.2) is 0 Å². The quantitative estimate of drug-likeness (QED) is 0.0972. The third kappa shape index (κ3) is 10.6. The van der Waals surface area contributed by atoms with Crippen LogP contribution in [0.1, 0.15) is 32.6 Å². The van der Waals surface area contributed by atoms with E-state index in [2.05, 4.69) is 10.6 Å². The van der Waals surface area contributed by atoms with Crippen LogP contribution < -0.4 is 16.4 Å². The maximum Gasteiger partial charge on any atom is 0.237 e. The maximum atomic E-state index is 12.0. The Kier molecular flexibility index (Phi) is 12.8. The monoisotopic (exact) mass is 458 g/mol. The summed E-state index contributed by atoms with van der Waals surface area (Å²) in [5.74, 6) is -0.896. The number of hydrogen-bond donors (Lipinski definition) is 3. The van der Waals surface area contributed by atoms with Gasteiger partial charge in [-0.05, 0) is 13.3 Å². The summed E-state index contributed by atoms with van der Waals surface area (Å²) in [6, 6.07) is -0.819. The first-order valence-electron chi connectivity index (χ1n) is 10.5. The molecular formula is C19H34N4O7Si. The van der Waals surface area contributed by atoms with E-state index in [1.165, 1.54) is 4.90 Å². The highest BCUT2D eigenvalue weighted by Gasteiger charge is 2.34. The fraction of sp³-hybridized carbons (Fsp3) is 0.737. The van der Waals surface area contributed by atoms with Gasteiger partial charge < -0.3 is 30.6 Å². The molecule has 1 heterocycles. The number of nitrogens with two attached hydrogens (primary N) is 1. The molecule has 0 aliphatic carbocycles. The number of likely N-dealkylation sites (tertiary alicyclic amines) is 1. The molecule has 4 amide bonds. The predicted molar refractivity (Wildman–Crippen MR) is 115 cm³/mol. The van der Waals surface area contributed by atoms with Gasteiger partial charge in [0.25, 0.3) is 0 Å². The second kappa shape index (κ2) is 14.8. The summed E-state index contributed by atoms with van der Waals surface area (Å²) >= 11 is 0. The first-order chi connectivity index (χ1) is 14.8. The fourth-order valence-electron chi connectivity index (χ4n) is 2.88. The topological polar surface area (TPSA) is 157 Å². The van der Waals surface area contributed by atoms with Gasteiger partial charge in [0, 0.05) is 48.1 Å². The Hall–Kier alpha value is -2.15. The molecule has 31 heavy (non-hydrogen) atoms. The third-order valence-electron chi connectivity index (χ3n) is 4.75. The lowest BCUT2D eigenvalue weighted by Gasteiger charge is -2.15. The lowest BCUT2D eigenvalue weighted by molar-refractivity contribution is -0.139. The van der Waals surface area contributed by atoms with Crippen LogP contribution in [-0.2, 0) is 33.4 Å². The van der Waals surface area contributed by atoms with Gasteiger partial charge in [0.15, 0.2) is 0 Å². The molecule has 4 N–H and O–H groups in total. The molecule has 1 fully saturated rings. The molecule has 0 saturated carbocycles. The van der Waals surface area contributed by atoms with Crippen molar-refractivity contribution in [2.75, 3.05) is 39.5 Å². The van der Waals surface area contributed by atoms with Crippen molar-refractivity contribution in [3.05, 3.63) is 0 Å². The fourth-order valence-corrected chi connectivity index (χ4v) is 3.54. The van der Waals surface area contributed by atoms with Crippen molar-refractivity contribution in [3.8, 4) is 0 Å². The van der Waals surface area contributed by atoms with Crippen LogP contribution in [0.5, 0.6) is 0 Å². The number of nitrogens with zero attached hydrogens (tertiary/aromatic N) is 1. The first-order valence-corrected chi connectivity index (χ1v) is 11.7. The van der Waals surface area contributed by atoms with E-state index < -0.39 is 6.04 Å². The summed E-state index contributed by atoms with van der Waals surface area (Å²) in [6.45, 7) is 3.29. The molecule has 0 aromatic carbocycles. The number of aldehydes is 1. The molecule has 1 aliphatic heterocycles. The second-order valence-electron chi connectivity index (χ2n) is 7.47. The summed E-state index contributed by atoms with van der Waals surface area (Å²) in [4.78, 5) is 58.7. The highest BCUT2D eigenvalue weighted by atomic mass is 28.1. The Balaban J connectivity index is 2.05. The van der Waals surface area contributed by atoms with Crippen LogP contribution in [0.15, 0.2) is 0 Å². The molecule has 176 valence electrons. The number of nitrogens with one attached hydrogen (secondary N) is 2.